The number of rotatable bonds is 8. The minimum atomic E-state index is -0.191. The van der Waals surface area contributed by atoms with Gasteiger partial charge in [0.15, 0.2) is 0 Å². The van der Waals surface area contributed by atoms with E-state index in [0.29, 0.717) is 32.3 Å². The number of aliphatic imine (C=N–C) groups is 1. The summed E-state index contributed by atoms with van der Waals surface area (Å²) in [7, 11) is 3.16. The lowest BCUT2D eigenvalue weighted by Gasteiger charge is -2.08. The molecule has 0 fully saturated rings. The molecule has 0 aromatic rings. The second-order valence-corrected chi connectivity index (χ2v) is 3.07. The van der Waals surface area contributed by atoms with Crippen molar-refractivity contribution in [2.24, 2.45) is 10.8 Å². The smallest absolute Gasteiger partial charge is 0.241 e. The second-order valence-electron chi connectivity index (χ2n) is 3.07. The van der Waals surface area contributed by atoms with Gasteiger partial charge in [0.2, 0.25) is 11.9 Å². The minimum absolute atomic E-state index is 0.00320. The number of nitrogens with zero attached hydrogens (tertiary/aromatic N) is 1. The van der Waals surface area contributed by atoms with Gasteiger partial charge in [0.1, 0.15) is 6.54 Å². The zero-order valence-corrected chi connectivity index (χ0v) is 10.3. The van der Waals surface area contributed by atoms with Crippen molar-refractivity contribution in [2.75, 3.05) is 47.1 Å². The maximum absolute atomic E-state index is 11.3. The molecule has 0 aliphatic heterocycles. The predicted molar refractivity (Wildman–Crippen MR) is 64.4 cm³/mol. The highest BCUT2D eigenvalue weighted by atomic mass is 16.5. The van der Waals surface area contributed by atoms with E-state index in [1.54, 1.807) is 14.2 Å². The zero-order chi connectivity index (χ0) is 12.9. The van der Waals surface area contributed by atoms with Gasteiger partial charge in [-0.1, -0.05) is 0 Å². The molecule has 0 radical (unpaired) electrons. The number of carbonyl (C=O) groups excluding carboxylic acids is 1. The molecule has 0 heterocycles. The molecule has 0 atom stereocenters. The molecule has 0 aliphatic rings. The summed E-state index contributed by atoms with van der Waals surface area (Å²) in [5, 5.41) is 5.52. The van der Waals surface area contributed by atoms with Crippen LogP contribution in [-0.4, -0.2) is 58.9 Å². The molecule has 0 bridgehead atoms. The van der Waals surface area contributed by atoms with Gasteiger partial charge in [0, 0.05) is 27.3 Å². The van der Waals surface area contributed by atoms with Crippen molar-refractivity contribution in [1.29, 1.82) is 0 Å². The Hall–Kier alpha value is -1.38. The van der Waals surface area contributed by atoms with E-state index in [-0.39, 0.29) is 12.5 Å². The van der Waals surface area contributed by atoms with Crippen molar-refractivity contribution >= 4 is 11.9 Å². The van der Waals surface area contributed by atoms with Crippen LogP contribution in [0, 0.1) is 0 Å². The van der Waals surface area contributed by atoms with Gasteiger partial charge >= 0.3 is 0 Å². The van der Waals surface area contributed by atoms with Crippen LogP contribution in [0.5, 0.6) is 0 Å². The molecule has 0 aromatic heterocycles. The fourth-order valence-corrected chi connectivity index (χ4v) is 0.923. The average molecular weight is 247 g/mol. The summed E-state index contributed by atoms with van der Waals surface area (Å²) in [5.41, 5.74) is 2.36. The molecule has 8 nitrogen and oxygen atoms in total. The third-order valence-electron chi connectivity index (χ3n) is 1.74. The summed E-state index contributed by atoms with van der Waals surface area (Å²) >= 11 is 0. The second kappa shape index (κ2) is 11.1. The Bertz CT molecular complexity index is 235. The third-order valence-corrected chi connectivity index (χ3v) is 1.74. The van der Waals surface area contributed by atoms with Gasteiger partial charge in [-0.15, -0.1) is 0 Å². The van der Waals surface area contributed by atoms with Crippen molar-refractivity contribution in [2.45, 2.75) is 0 Å². The lowest BCUT2D eigenvalue weighted by atomic mass is 10.5. The number of hydrazine groups is 1. The molecule has 5 N–H and O–H groups in total. The minimum Gasteiger partial charge on any atom is -0.383 e. The van der Waals surface area contributed by atoms with Gasteiger partial charge in [-0.25, -0.2) is 10.8 Å². The van der Waals surface area contributed by atoms with Gasteiger partial charge in [-0.3, -0.25) is 10.2 Å². The van der Waals surface area contributed by atoms with Crippen LogP contribution in [0.2, 0.25) is 0 Å². The van der Waals surface area contributed by atoms with Crippen LogP contribution < -0.4 is 21.9 Å². The highest BCUT2D eigenvalue weighted by molar-refractivity contribution is 5.84. The van der Waals surface area contributed by atoms with Crippen molar-refractivity contribution < 1.29 is 14.3 Å². The van der Waals surface area contributed by atoms with E-state index in [2.05, 4.69) is 21.1 Å². The van der Waals surface area contributed by atoms with Crippen LogP contribution in [0.1, 0.15) is 0 Å². The lowest BCUT2D eigenvalue weighted by molar-refractivity contribution is -0.119. The van der Waals surface area contributed by atoms with Crippen molar-refractivity contribution in [3.63, 3.8) is 0 Å². The van der Waals surface area contributed by atoms with E-state index in [1.165, 1.54) is 0 Å². The Morgan fingerprint density at radius 1 is 1.18 bits per heavy atom. The molecule has 0 rings (SSSR count). The molecule has 0 saturated carbocycles. The Kier molecular flexibility index (Phi) is 10.2. The molecule has 1 amide bonds. The largest absolute Gasteiger partial charge is 0.383 e. The number of ether oxygens (including phenoxy) is 2. The van der Waals surface area contributed by atoms with E-state index in [9.17, 15) is 4.79 Å². The van der Waals surface area contributed by atoms with Crippen LogP contribution in [0.25, 0.3) is 0 Å². The van der Waals surface area contributed by atoms with Gasteiger partial charge in [-0.05, 0) is 0 Å². The zero-order valence-electron chi connectivity index (χ0n) is 10.3. The number of methoxy groups -OCH3 is 2. The highest BCUT2D eigenvalue weighted by Gasteiger charge is 2.00. The van der Waals surface area contributed by atoms with Crippen molar-refractivity contribution in [3.05, 3.63) is 0 Å². The number of hydrogen-bond donors (Lipinski definition) is 4. The summed E-state index contributed by atoms with van der Waals surface area (Å²) in [5.74, 6) is 5.39. The topological polar surface area (TPSA) is 110 Å². The first-order valence-corrected chi connectivity index (χ1v) is 5.24. The predicted octanol–water partition coefficient (Wildman–Crippen LogP) is -2.20. The number of guanidine groups is 1. The first kappa shape index (κ1) is 15.6. The first-order chi connectivity index (χ1) is 8.24. The number of nitrogens with one attached hydrogen (secondary N) is 3. The molecular formula is C9H21N5O3. The molecule has 0 saturated heterocycles. The van der Waals surface area contributed by atoms with Crippen molar-refractivity contribution in [1.82, 2.24) is 16.1 Å². The quantitative estimate of drug-likeness (QED) is 0.127. The Labute approximate surface area is 101 Å². The van der Waals surface area contributed by atoms with E-state index in [4.69, 9.17) is 15.3 Å². The molecule has 0 spiro atoms. The standard InChI is InChI=1S/C9H21N5O3/c1-16-5-3-11-8(15)7-13-9(14-10)12-4-6-17-2/h3-7,10H2,1-2H3,(H,11,15)(H2,12,13,14). The Morgan fingerprint density at radius 3 is 2.29 bits per heavy atom. The summed E-state index contributed by atoms with van der Waals surface area (Å²) in [4.78, 5) is 15.2. The van der Waals surface area contributed by atoms with Crippen LogP contribution in [-0.2, 0) is 14.3 Å². The Balaban J connectivity index is 3.79. The molecule has 0 unspecified atom stereocenters. The SMILES string of the molecule is COCCNC(=O)CN=C(NN)NCCOC. The number of hydrogen-bond acceptors (Lipinski definition) is 5. The van der Waals surface area contributed by atoms with Crippen molar-refractivity contribution in [3.8, 4) is 0 Å². The highest BCUT2D eigenvalue weighted by Crippen LogP contribution is 1.75. The number of carbonyl (C=O) groups is 1. The van der Waals surface area contributed by atoms with Gasteiger partial charge in [-0.2, -0.15) is 0 Å². The third kappa shape index (κ3) is 9.54. The van der Waals surface area contributed by atoms with Crippen LogP contribution >= 0.6 is 0 Å². The summed E-state index contributed by atoms with van der Waals surface area (Å²) < 4.78 is 9.64. The summed E-state index contributed by atoms with van der Waals surface area (Å²) in [6.45, 7) is 2.03. The van der Waals surface area contributed by atoms with E-state index in [0.717, 1.165) is 0 Å². The molecule has 100 valence electrons. The van der Waals surface area contributed by atoms with Gasteiger partial charge in [0.05, 0.1) is 13.2 Å². The maximum atomic E-state index is 11.3. The van der Waals surface area contributed by atoms with E-state index >= 15 is 0 Å². The fourth-order valence-electron chi connectivity index (χ4n) is 0.923. The normalized spacial score (nSPS) is 11.1. The number of nitrogens with two attached hydrogens (primary N) is 1. The van der Waals surface area contributed by atoms with Gasteiger partial charge in [0.25, 0.3) is 0 Å². The molecule has 17 heavy (non-hydrogen) atoms. The fraction of sp³-hybridized carbons (Fsp3) is 0.778. The van der Waals surface area contributed by atoms with Gasteiger partial charge < -0.3 is 20.1 Å². The van der Waals surface area contributed by atoms with E-state index < -0.39 is 0 Å². The number of amides is 1. The summed E-state index contributed by atoms with van der Waals surface area (Å²) in [6.07, 6.45) is 0. The molecular weight excluding hydrogens is 226 g/mol. The lowest BCUT2D eigenvalue weighted by Crippen LogP contribution is -2.43. The Morgan fingerprint density at radius 2 is 1.76 bits per heavy atom. The molecule has 8 heteroatoms. The molecule has 0 aromatic carbocycles. The maximum Gasteiger partial charge on any atom is 0.241 e. The monoisotopic (exact) mass is 247 g/mol. The van der Waals surface area contributed by atoms with Crippen LogP contribution in [0.4, 0.5) is 0 Å². The molecule has 0 aliphatic carbocycles. The first-order valence-electron chi connectivity index (χ1n) is 5.24. The van der Waals surface area contributed by atoms with Crippen LogP contribution in [0.15, 0.2) is 4.99 Å². The van der Waals surface area contributed by atoms with E-state index in [1.807, 2.05) is 0 Å². The van der Waals surface area contributed by atoms with Crippen LogP contribution in [0.3, 0.4) is 0 Å². The summed E-state index contributed by atoms with van der Waals surface area (Å²) in [6, 6.07) is 0. The average Bonchev–Trinajstić information content (AvgIpc) is 2.34.